The molecule has 0 amide bonds. The van der Waals surface area contributed by atoms with Gasteiger partial charge in [-0.2, -0.15) is 16.9 Å². The Hall–Kier alpha value is -0.520. The molecule has 1 fully saturated rings. The number of thioether (sulfide) groups is 1. The molecule has 0 radical (unpaired) electrons. The van der Waals surface area contributed by atoms with Crippen LogP contribution in [0.1, 0.15) is 38.8 Å². The van der Waals surface area contributed by atoms with Crippen molar-refractivity contribution in [3.05, 3.63) is 18.0 Å². The number of hydrogen-bond donors (Lipinski definition) is 1. The zero-order chi connectivity index (χ0) is 14.0. The van der Waals surface area contributed by atoms with Crippen LogP contribution in [0.5, 0.6) is 0 Å². The fourth-order valence-corrected chi connectivity index (χ4v) is 3.97. The Morgan fingerprint density at radius 3 is 2.79 bits per heavy atom. The van der Waals surface area contributed by atoms with E-state index in [1.165, 1.54) is 11.3 Å². The minimum absolute atomic E-state index is 0.170. The van der Waals surface area contributed by atoms with E-state index in [4.69, 9.17) is 5.73 Å². The Morgan fingerprint density at radius 2 is 2.26 bits per heavy atom. The number of nitrogens with zero attached hydrogens (tertiary/aromatic N) is 3. The SMILES string of the molecule is CCC(N)C(c1cnn(C)c1)N1CCSC(C)(C)C1. The smallest absolute Gasteiger partial charge is 0.0538 e. The van der Waals surface area contributed by atoms with Gasteiger partial charge in [0.25, 0.3) is 0 Å². The van der Waals surface area contributed by atoms with E-state index in [-0.39, 0.29) is 6.04 Å². The van der Waals surface area contributed by atoms with Crippen LogP contribution < -0.4 is 5.73 Å². The molecule has 1 aromatic rings. The average molecular weight is 282 g/mol. The summed E-state index contributed by atoms with van der Waals surface area (Å²) in [6, 6.07) is 0.460. The molecule has 2 unspecified atom stereocenters. The van der Waals surface area contributed by atoms with Crippen molar-refractivity contribution < 1.29 is 0 Å². The molecule has 1 saturated heterocycles. The van der Waals surface area contributed by atoms with Crippen molar-refractivity contribution >= 4 is 11.8 Å². The Morgan fingerprint density at radius 1 is 1.53 bits per heavy atom. The summed E-state index contributed by atoms with van der Waals surface area (Å²) in [7, 11) is 1.97. The lowest BCUT2D eigenvalue weighted by atomic mass is 9.97. The van der Waals surface area contributed by atoms with Crippen LogP contribution in [0.25, 0.3) is 0 Å². The normalized spacial score (nSPS) is 23.2. The van der Waals surface area contributed by atoms with Gasteiger partial charge in [-0.25, -0.2) is 0 Å². The summed E-state index contributed by atoms with van der Waals surface area (Å²) < 4.78 is 2.18. The maximum atomic E-state index is 6.39. The van der Waals surface area contributed by atoms with Crippen molar-refractivity contribution in [3.8, 4) is 0 Å². The molecule has 2 atom stereocenters. The van der Waals surface area contributed by atoms with Gasteiger partial charge in [-0.1, -0.05) is 6.92 Å². The summed E-state index contributed by atoms with van der Waals surface area (Å²) in [6.07, 6.45) is 5.06. The van der Waals surface area contributed by atoms with Crippen LogP contribution in [-0.4, -0.2) is 44.3 Å². The van der Waals surface area contributed by atoms with E-state index in [0.29, 0.717) is 10.8 Å². The molecule has 0 bridgehead atoms. The van der Waals surface area contributed by atoms with Gasteiger partial charge >= 0.3 is 0 Å². The largest absolute Gasteiger partial charge is 0.326 e. The molecule has 1 aliphatic heterocycles. The van der Waals surface area contributed by atoms with Crippen molar-refractivity contribution in [2.24, 2.45) is 12.8 Å². The number of aromatic nitrogens is 2. The minimum atomic E-state index is 0.170. The van der Waals surface area contributed by atoms with Crippen LogP contribution in [0.4, 0.5) is 0 Å². The highest BCUT2D eigenvalue weighted by atomic mass is 32.2. The Balaban J connectivity index is 2.22. The zero-order valence-corrected chi connectivity index (χ0v) is 13.3. The van der Waals surface area contributed by atoms with Crippen LogP contribution in [-0.2, 0) is 7.05 Å². The third-order valence-corrected chi connectivity index (χ3v) is 5.09. The highest BCUT2D eigenvalue weighted by molar-refractivity contribution is 8.00. The first-order chi connectivity index (χ1) is 8.93. The van der Waals surface area contributed by atoms with Gasteiger partial charge in [0.2, 0.25) is 0 Å². The molecule has 0 aromatic carbocycles. The van der Waals surface area contributed by atoms with E-state index < -0.39 is 0 Å². The Labute approximate surface area is 120 Å². The zero-order valence-electron chi connectivity index (χ0n) is 12.5. The third-order valence-electron chi connectivity index (χ3n) is 3.79. The molecule has 5 heteroatoms. The molecule has 2 heterocycles. The minimum Gasteiger partial charge on any atom is -0.326 e. The van der Waals surface area contributed by atoms with E-state index in [0.717, 1.165) is 19.5 Å². The molecule has 19 heavy (non-hydrogen) atoms. The molecule has 1 aromatic heterocycles. The van der Waals surface area contributed by atoms with Gasteiger partial charge in [-0.15, -0.1) is 0 Å². The van der Waals surface area contributed by atoms with Crippen molar-refractivity contribution in [3.63, 3.8) is 0 Å². The van der Waals surface area contributed by atoms with Gasteiger partial charge in [0, 0.05) is 48.4 Å². The number of aryl methyl sites for hydroxylation is 1. The fourth-order valence-electron chi connectivity index (χ4n) is 2.84. The number of hydrogen-bond acceptors (Lipinski definition) is 4. The van der Waals surface area contributed by atoms with Crippen LogP contribution in [0.2, 0.25) is 0 Å². The molecule has 1 aliphatic rings. The summed E-state index contributed by atoms with van der Waals surface area (Å²) in [5.41, 5.74) is 7.64. The first-order valence-electron chi connectivity index (χ1n) is 7.05. The lowest BCUT2D eigenvalue weighted by Crippen LogP contribution is -2.49. The van der Waals surface area contributed by atoms with E-state index >= 15 is 0 Å². The molecule has 2 rings (SSSR count). The highest BCUT2D eigenvalue weighted by Gasteiger charge is 2.34. The van der Waals surface area contributed by atoms with Crippen LogP contribution >= 0.6 is 11.8 Å². The van der Waals surface area contributed by atoms with Gasteiger partial charge in [0.15, 0.2) is 0 Å². The summed E-state index contributed by atoms with van der Waals surface area (Å²) in [5, 5.41) is 4.31. The predicted molar refractivity (Wildman–Crippen MR) is 82.3 cm³/mol. The Kier molecular flexibility index (Phi) is 4.58. The van der Waals surface area contributed by atoms with E-state index in [1.54, 1.807) is 0 Å². The average Bonchev–Trinajstić information content (AvgIpc) is 2.74. The topological polar surface area (TPSA) is 47.1 Å². The third kappa shape index (κ3) is 3.52. The van der Waals surface area contributed by atoms with Crippen molar-refractivity contribution in [1.82, 2.24) is 14.7 Å². The van der Waals surface area contributed by atoms with Gasteiger partial charge in [0.1, 0.15) is 0 Å². The van der Waals surface area contributed by atoms with Crippen LogP contribution in [0, 0.1) is 0 Å². The van der Waals surface area contributed by atoms with Crippen molar-refractivity contribution in [1.29, 1.82) is 0 Å². The molecular formula is C14H26N4S. The summed E-state index contributed by atoms with van der Waals surface area (Å²) in [5.74, 6) is 1.18. The van der Waals surface area contributed by atoms with Crippen LogP contribution in [0.3, 0.4) is 0 Å². The predicted octanol–water partition coefficient (Wildman–Crippen LogP) is 2.03. The first-order valence-corrected chi connectivity index (χ1v) is 8.03. The van der Waals surface area contributed by atoms with E-state index in [9.17, 15) is 0 Å². The highest BCUT2D eigenvalue weighted by Crippen LogP contribution is 2.35. The summed E-state index contributed by atoms with van der Waals surface area (Å²) in [6.45, 7) is 9.01. The molecule has 108 valence electrons. The molecule has 2 N–H and O–H groups in total. The number of rotatable bonds is 4. The molecule has 0 saturated carbocycles. The lowest BCUT2D eigenvalue weighted by molar-refractivity contribution is 0.161. The Bertz CT molecular complexity index is 415. The second kappa shape index (κ2) is 5.85. The van der Waals surface area contributed by atoms with E-state index in [2.05, 4.69) is 48.7 Å². The fraction of sp³-hybridized carbons (Fsp3) is 0.786. The maximum absolute atomic E-state index is 6.39. The molecule has 0 aliphatic carbocycles. The second-order valence-electron chi connectivity index (χ2n) is 6.04. The lowest BCUT2D eigenvalue weighted by Gasteiger charge is -2.43. The van der Waals surface area contributed by atoms with E-state index in [1.807, 2.05) is 17.9 Å². The first kappa shape index (κ1) is 14.9. The van der Waals surface area contributed by atoms with Gasteiger partial charge < -0.3 is 5.73 Å². The van der Waals surface area contributed by atoms with Crippen LogP contribution in [0.15, 0.2) is 12.4 Å². The van der Waals surface area contributed by atoms with Crippen molar-refractivity contribution in [2.45, 2.75) is 44.0 Å². The molecule has 0 spiro atoms. The van der Waals surface area contributed by atoms with Gasteiger partial charge in [0.05, 0.1) is 12.2 Å². The number of nitrogens with two attached hydrogens (primary N) is 1. The molecule has 4 nitrogen and oxygen atoms in total. The van der Waals surface area contributed by atoms with Gasteiger partial charge in [-0.05, 0) is 20.3 Å². The quantitative estimate of drug-likeness (QED) is 0.918. The monoisotopic (exact) mass is 282 g/mol. The standard InChI is InChI=1S/C14H26N4S/c1-5-12(15)13(11-8-16-17(4)9-11)18-6-7-19-14(2,3)10-18/h8-9,12-13H,5-7,10,15H2,1-4H3. The van der Waals surface area contributed by atoms with Gasteiger partial charge in [-0.3, -0.25) is 9.58 Å². The summed E-state index contributed by atoms with van der Waals surface area (Å²) >= 11 is 2.06. The van der Waals surface area contributed by atoms with Crippen molar-refractivity contribution in [2.75, 3.05) is 18.8 Å². The maximum Gasteiger partial charge on any atom is 0.0538 e. The summed E-state index contributed by atoms with van der Waals surface area (Å²) in [4.78, 5) is 2.54. The second-order valence-corrected chi connectivity index (χ2v) is 7.85. The molecular weight excluding hydrogens is 256 g/mol.